The van der Waals surface area contributed by atoms with Gasteiger partial charge in [0.15, 0.2) is 0 Å². The number of aryl methyl sites for hydroxylation is 1. The third-order valence-corrected chi connectivity index (χ3v) is 2.99. The average molecular weight is 288 g/mol. The van der Waals surface area contributed by atoms with Crippen LogP contribution in [0.1, 0.15) is 31.1 Å². The molecule has 0 aliphatic rings. The van der Waals surface area contributed by atoms with Crippen molar-refractivity contribution >= 4 is 0 Å². The van der Waals surface area contributed by atoms with Crippen molar-refractivity contribution in [3.63, 3.8) is 0 Å². The third-order valence-electron chi connectivity index (χ3n) is 2.99. The fourth-order valence-corrected chi connectivity index (χ4v) is 2.03. The van der Waals surface area contributed by atoms with Crippen molar-refractivity contribution in [1.29, 1.82) is 0 Å². The van der Waals surface area contributed by atoms with Crippen molar-refractivity contribution in [3.8, 4) is 5.75 Å². The van der Waals surface area contributed by atoms with Crippen LogP contribution in [-0.4, -0.2) is 20.8 Å². The molecule has 0 amide bonds. The summed E-state index contributed by atoms with van der Waals surface area (Å²) in [7, 11) is 0. The Balaban J connectivity index is 2.11. The average Bonchev–Trinajstić information content (AvgIpc) is 2.43. The molecule has 1 aromatic carbocycles. The Labute approximate surface area is 123 Å². The summed E-state index contributed by atoms with van der Waals surface area (Å²) >= 11 is 0. The van der Waals surface area contributed by atoms with E-state index in [4.69, 9.17) is 4.74 Å². The zero-order valence-corrected chi connectivity index (χ0v) is 12.5. The molecule has 1 heterocycles. The van der Waals surface area contributed by atoms with Crippen LogP contribution in [0.25, 0.3) is 0 Å². The Morgan fingerprint density at radius 2 is 1.95 bits per heavy atom. The minimum atomic E-state index is -0.764. The van der Waals surface area contributed by atoms with Gasteiger partial charge in [0.1, 0.15) is 5.75 Å². The van der Waals surface area contributed by atoms with Gasteiger partial charge in [-0.1, -0.05) is 12.1 Å². The van der Waals surface area contributed by atoms with Crippen molar-refractivity contribution in [1.82, 2.24) is 9.55 Å². The molecule has 0 saturated carbocycles. The van der Waals surface area contributed by atoms with Gasteiger partial charge >= 0.3 is 5.69 Å². The molecule has 0 bridgehead atoms. The number of ether oxygens (including phenoxy) is 1. The quantitative estimate of drug-likeness (QED) is 0.915. The van der Waals surface area contributed by atoms with Crippen LogP contribution >= 0.6 is 0 Å². The highest BCUT2D eigenvalue weighted by atomic mass is 16.5. The SMILES string of the molecule is Cc1cnc(=O)n(CC(O)c2ccc(OC(C)C)cc2)c1. The normalized spacial score (nSPS) is 12.4. The van der Waals surface area contributed by atoms with E-state index in [9.17, 15) is 9.90 Å². The number of aliphatic hydroxyl groups is 1. The largest absolute Gasteiger partial charge is 0.491 e. The van der Waals surface area contributed by atoms with Crippen LogP contribution in [0.2, 0.25) is 0 Å². The first-order valence-electron chi connectivity index (χ1n) is 6.93. The van der Waals surface area contributed by atoms with Gasteiger partial charge < -0.3 is 9.84 Å². The Morgan fingerprint density at radius 1 is 1.29 bits per heavy atom. The zero-order chi connectivity index (χ0) is 15.4. The van der Waals surface area contributed by atoms with E-state index in [0.717, 1.165) is 16.9 Å². The number of benzene rings is 1. The fraction of sp³-hybridized carbons (Fsp3) is 0.375. The van der Waals surface area contributed by atoms with Crippen molar-refractivity contribution in [2.75, 3.05) is 0 Å². The molecule has 1 unspecified atom stereocenters. The minimum Gasteiger partial charge on any atom is -0.491 e. The molecule has 0 aliphatic heterocycles. The lowest BCUT2D eigenvalue weighted by Crippen LogP contribution is -2.25. The molecule has 0 aliphatic carbocycles. The zero-order valence-electron chi connectivity index (χ0n) is 12.5. The van der Waals surface area contributed by atoms with Gasteiger partial charge in [0.05, 0.1) is 18.8 Å². The lowest BCUT2D eigenvalue weighted by molar-refractivity contribution is 0.154. The standard InChI is InChI=1S/C16H20N2O3/c1-11(2)21-14-6-4-13(5-7-14)15(19)10-18-9-12(3)8-17-16(18)20/h4-9,11,15,19H,10H2,1-3H3. The number of hydrogen-bond acceptors (Lipinski definition) is 4. The lowest BCUT2D eigenvalue weighted by Gasteiger charge is -2.14. The van der Waals surface area contributed by atoms with Crippen LogP contribution in [0.4, 0.5) is 0 Å². The van der Waals surface area contributed by atoms with Crippen LogP contribution in [0.3, 0.4) is 0 Å². The van der Waals surface area contributed by atoms with Crippen LogP contribution < -0.4 is 10.4 Å². The predicted octanol–water partition coefficient (Wildman–Crippen LogP) is 2.07. The van der Waals surface area contributed by atoms with Crippen LogP contribution in [-0.2, 0) is 6.54 Å². The highest BCUT2D eigenvalue weighted by Gasteiger charge is 2.10. The Morgan fingerprint density at radius 3 is 2.57 bits per heavy atom. The van der Waals surface area contributed by atoms with Crippen molar-refractivity contribution < 1.29 is 9.84 Å². The first-order chi connectivity index (χ1) is 9.95. The van der Waals surface area contributed by atoms with Crippen molar-refractivity contribution in [2.45, 2.75) is 39.5 Å². The maximum Gasteiger partial charge on any atom is 0.347 e. The number of hydrogen-bond donors (Lipinski definition) is 1. The minimum absolute atomic E-state index is 0.109. The Hall–Kier alpha value is -2.14. The number of nitrogens with zero attached hydrogens (tertiary/aromatic N) is 2. The van der Waals surface area contributed by atoms with Gasteiger partial charge in [-0.25, -0.2) is 9.78 Å². The predicted molar refractivity (Wildman–Crippen MR) is 80.4 cm³/mol. The van der Waals surface area contributed by atoms with Gasteiger partial charge in [-0.15, -0.1) is 0 Å². The monoisotopic (exact) mass is 288 g/mol. The second-order valence-electron chi connectivity index (χ2n) is 5.32. The molecule has 1 aromatic heterocycles. The summed E-state index contributed by atoms with van der Waals surface area (Å²) < 4.78 is 6.97. The molecule has 5 nitrogen and oxygen atoms in total. The lowest BCUT2D eigenvalue weighted by atomic mass is 10.1. The van der Waals surface area contributed by atoms with Gasteiger partial charge in [-0.2, -0.15) is 0 Å². The van der Waals surface area contributed by atoms with Crippen molar-refractivity contribution in [2.24, 2.45) is 0 Å². The van der Waals surface area contributed by atoms with Gasteiger partial charge in [0.2, 0.25) is 0 Å². The molecule has 0 spiro atoms. The molecule has 0 radical (unpaired) electrons. The van der Waals surface area contributed by atoms with Gasteiger partial charge in [0, 0.05) is 12.4 Å². The molecule has 5 heteroatoms. The molecule has 1 N–H and O–H groups in total. The summed E-state index contributed by atoms with van der Waals surface area (Å²) in [6.45, 7) is 5.95. The molecule has 1 atom stereocenters. The first kappa shape index (κ1) is 15.3. The van der Waals surface area contributed by atoms with Crippen LogP contribution in [0, 0.1) is 6.92 Å². The summed E-state index contributed by atoms with van der Waals surface area (Å²) in [6.07, 6.45) is 2.55. The first-order valence-corrected chi connectivity index (χ1v) is 6.93. The number of aromatic nitrogens is 2. The van der Waals surface area contributed by atoms with Gasteiger partial charge in [-0.05, 0) is 44.0 Å². The fourth-order valence-electron chi connectivity index (χ4n) is 2.03. The van der Waals surface area contributed by atoms with E-state index in [1.54, 1.807) is 18.3 Å². The third kappa shape index (κ3) is 4.16. The highest BCUT2D eigenvalue weighted by molar-refractivity contribution is 5.28. The summed E-state index contributed by atoms with van der Waals surface area (Å²) in [5, 5.41) is 10.2. The molecular weight excluding hydrogens is 268 g/mol. The van der Waals surface area contributed by atoms with E-state index in [-0.39, 0.29) is 18.3 Å². The molecule has 0 fully saturated rings. The van der Waals surface area contributed by atoms with E-state index in [1.807, 2.05) is 32.9 Å². The Kier molecular flexibility index (Phi) is 4.75. The van der Waals surface area contributed by atoms with Crippen LogP contribution in [0.15, 0.2) is 41.5 Å². The van der Waals surface area contributed by atoms with Crippen molar-refractivity contribution in [3.05, 3.63) is 58.3 Å². The second-order valence-corrected chi connectivity index (χ2v) is 5.32. The van der Waals surface area contributed by atoms with E-state index in [1.165, 1.54) is 10.8 Å². The molecule has 2 rings (SSSR count). The Bertz CT molecular complexity index is 647. The van der Waals surface area contributed by atoms with Crippen LogP contribution in [0.5, 0.6) is 5.75 Å². The van der Waals surface area contributed by atoms with E-state index in [0.29, 0.717) is 0 Å². The topological polar surface area (TPSA) is 64.4 Å². The van der Waals surface area contributed by atoms with Gasteiger partial charge in [-0.3, -0.25) is 4.57 Å². The van der Waals surface area contributed by atoms with E-state index in [2.05, 4.69) is 4.98 Å². The van der Waals surface area contributed by atoms with E-state index >= 15 is 0 Å². The van der Waals surface area contributed by atoms with Gasteiger partial charge in [0.25, 0.3) is 0 Å². The summed E-state index contributed by atoms with van der Waals surface area (Å²) in [6, 6.07) is 7.24. The molecule has 112 valence electrons. The number of aliphatic hydroxyl groups excluding tert-OH is 1. The van der Waals surface area contributed by atoms with E-state index < -0.39 is 6.10 Å². The maximum atomic E-state index is 11.6. The molecule has 0 saturated heterocycles. The summed E-state index contributed by atoms with van der Waals surface area (Å²) in [5.74, 6) is 0.760. The maximum absolute atomic E-state index is 11.6. The smallest absolute Gasteiger partial charge is 0.347 e. The highest BCUT2D eigenvalue weighted by Crippen LogP contribution is 2.19. The summed E-state index contributed by atoms with van der Waals surface area (Å²) in [5.41, 5.74) is 1.25. The molecular formula is C16H20N2O3. The number of rotatable bonds is 5. The molecule has 2 aromatic rings. The molecule has 21 heavy (non-hydrogen) atoms. The summed E-state index contributed by atoms with van der Waals surface area (Å²) in [4.78, 5) is 15.4. The second kappa shape index (κ2) is 6.54.